The van der Waals surface area contributed by atoms with Crippen molar-refractivity contribution in [3.05, 3.63) is 63.6 Å². The molecule has 0 aliphatic carbocycles. The van der Waals surface area contributed by atoms with Crippen LogP contribution < -0.4 is 10.5 Å². The van der Waals surface area contributed by atoms with Gasteiger partial charge in [0.15, 0.2) is 0 Å². The Morgan fingerprint density at radius 1 is 1.16 bits per heavy atom. The lowest BCUT2D eigenvalue weighted by molar-refractivity contribution is -0.112. The third-order valence-corrected chi connectivity index (χ3v) is 4.56. The molecule has 0 unspecified atom stereocenters. The van der Waals surface area contributed by atoms with Crippen LogP contribution in [0.1, 0.15) is 5.56 Å². The molecule has 0 spiro atoms. The second-order valence-corrected chi connectivity index (χ2v) is 7.26. The third-order valence-electron chi connectivity index (χ3n) is 3.07. The summed E-state index contributed by atoms with van der Waals surface area (Å²) >= 11 is 11.8. The Labute approximate surface area is 154 Å². The standard InChI is InChI=1S/C16H11Cl2N3O3S/c17-12-2-1-10(15(18)8-12)7-11(9-19)16(22)21-13-3-5-14(6-4-13)25(20,23)24/h1-8H,(H,21,22)(H2,20,23,24)/b11-7-. The maximum Gasteiger partial charge on any atom is 0.266 e. The van der Waals surface area contributed by atoms with Gasteiger partial charge < -0.3 is 5.32 Å². The highest BCUT2D eigenvalue weighted by atomic mass is 35.5. The van der Waals surface area contributed by atoms with Crippen LogP contribution in [0.25, 0.3) is 6.08 Å². The first-order valence-corrected chi connectivity index (χ1v) is 9.02. The number of anilines is 1. The number of nitriles is 1. The van der Waals surface area contributed by atoms with Crippen LogP contribution in [-0.4, -0.2) is 14.3 Å². The number of nitrogens with two attached hydrogens (primary N) is 1. The van der Waals surface area contributed by atoms with Crippen molar-refractivity contribution in [3.63, 3.8) is 0 Å². The number of amides is 1. The van der Waals surface area contributed by atoms with Gasteiger partial charge in [-0.2, -0.15) is 5.26 Å². The predicted octanol–water partition coefficient (Wildman–Crippen LogP) is 3.19. The molecule has 2 aromatic carbocycles. The minimum absolute atomic E-state index is 0.0884. The second kappa shape index (κ2) is 7.68. The number of hydrogen-bond donors (Lipinski definition) is 2. The summed E-state index contributed by atoms with van der Waals surface area (Å²) in [6.45, 7) is 0. The van der Waals surface area contributed by atoms with Crippen molar-refractivity contribution in [3.8, 4) is 6.07 Å². The van der Waals surface area contributed by atoms with Crippen LogP contribution >= 0.6 is 23.2 Å². The van der Waals surface area contributed by atoms with E-state index in [1.54, 1.807) is 18.2 Å². The van der Waals surface area contributed by atoms with E-state index in [2.05, 4.69) is 5.32 Å². The molecule has 0 heterocycles. The van der Waals surface area contributed by atoms with Crippen LogP contribution in [0.3, 0.4) is 0 Å². The number of sulfonamides is 1. The number of carbonyl (C=O) groups excluding carboxylic acids is 1. The molecule has 1 amide bonds. The van der Waals surface area contributed by atoms with E-state index in [1.807, 2.05) is 0 Å². The topological polar surface area (TPSA) is 113 Å². The molecule has 9 heteroatoms. The molecule has 0 aromatic heterocycles. The van der Waals surface area contributed by atoms with Gasteiger partial charge in [-0.1, -0.05) is 29.3 Å². The van der Waals surface area contributed by atoms with Crippen LogP contribution in [0.4, 0.5) is 5.69 Å². The molecule has 0 bridgehead atoms. The summed E-state index contributed by atoms with van der Waals surface area (Å²) in [6.07, 6.45) is 1.33. The fourth-order valence-corrected chi connectivity index (χ4v) is 2.83. The summed E-state index contributed by atoms with van der Waals surface area (Å²) in [7, 11) is -3.82. The van der Waals surface area contributed by atoms with E-state index in [9.17, 15) is 18.5 Å². The fourth-order valence-electron chi connectivity index (χ4n) is 1.85. The molecule has 0 aliphatic heterocycles. The fraction of sp³-hybridized carbons (Fsp3) is 0. The first-order chi connectivity index (χ1) is 11.7. The minimum Gasteiger partial charge on any atom is -0.321 e. The van der Waals surface area contributed by atoms with E-state index >= 15 is 0 Å². The SMILES string of the molecule is N#C/C(=C/c1ccc(Cl)cc1Cl)C(=O)Nc1ccc(S(N)(=O)=O)cc1. The normalized spacial score (nSPS) is 11.7. The number of nitrogens with zero attached hydrogens (tertiary/aromatic N) is 1. The zero-order valence-electron chi connectivity index (χ0n) is 12.5. The Hall–Kier alpha value is -2.37. The van der Waals surface area contributed by atoms with E-state index in [-0.39, 0.29) is 10.5 Å². The van der Waals surface area contributed by atoms with Crippen LogP contribution in [0.15, 0.2) is 52.9 Å². The molecule has 6 nitrogen and oxygen atoms in total. The summed E-state index contributed by atoms with van der Waals surface area (Å²) in [4.78, 5) is 12.1. The lowest BCUT2D eigenvalue weighted by Crippen LogP contribution is -2.14. The summed E-state index contributed by atoms with van der Waals surface area (Å²) in [6, 6.07) is 11.7. The molecule has 2 rings (SSSR count). The molecule has 3 N–H and O–H groups in total. The summed E-state index contributed by atoms with van der Waals surface area (Å²) < 4.78 is 22.4. The number of rotatable bonds is 4. The summed E-state index contributed by atoms with van der Waals surface area (Å²) in [5, 5.41) is 17.4. The molecule has 0 saturated heterocycles. The Bertz CT molecular complexity index is 994. The van der Waals surface area contributed by atoms with Gasteiger partial charge in [0.25, 0.3) is 5.91 Å². The maximum atomic E-state index is 12.2. The van der Waals surface area contributed by atoms with Gasteiger partial charge in [-0.3, -0.25) is 4.79 Å². The van der Waals surface area contributed by atoms with Gasteiger partial charge in [0.1, 0.15) is 11.6 Å². The van der Waals surface area contributed by atoms with Crippen molar-refractivity contribution in [2.45, 2.75) is 4.90 Å². The molecule has 128 valence electrons. The van der Waals surface area contributed by atoms with Crippen molar-refractivity contribution in [1.82, 2.24) is 0 Å². The molecule has 0 fully saturated rings. The Morgan fingerprint density at radius 2 is 1.80 bits per heavy atom. The molecule has 25 heavy (non-hydrogen) atoms. The van der Waals surface area contributed by atoms with Crippen molar-refractivity contribution in [2.75, 3.05) is 5.32 Å². The van der Waals surface area contributed by atoms with E-state index in [0.29, 0.717) is 21.3 Å². The van der Waals surface area contributed by atoms with Crippen LogP contribution in [0.5, 0.6) is 0 Å². The van der Waals surface area contributed by atoms with Gasteiger partial charge in [-0.25, -0.2) is 13.6 Å². The zero-order valence-corrected chi connectivity index (χ0v) is 14.9. The van der Waals surface area contributed by atoms with Gasteiger partial charge in [-0.15, -0.1) is 0 Å². The quantitative estimate of drug-likeness (QED) is 0.610. The lowest BCUT2D eigenvalue weighted by atomic mass is 10.1. The third kappa shape index (κ3) is 5.05. The molecule has 0 atom stereocenters. The average molecular weight is 396 g/mol. The van der Waals surface area contributed by atoms with Gasteiger partial charge in [-0.05, 0) is 48.0 Å². The Morgan fingerprint density at radius 3 is 2.32 bits per heavy atom. The first-order valence-electron chi connectivity index (χ1n) is 6.72. The lowest BCUT2D eigenvalue weighted by Gasteiger charge is -2.06. The smallest absolute Gasteiger partial charge is 0.266 e. The molecule has 0 radical (unpaired) electrons. The molecular formula is C16H11Cl2N3O3S. The maximum absolute atomic E-state index is 12.2. The van der Waals surface area contributed by atoms with Crippen molar-refractivity contribution < 1.29 is 13.2 Å². The van der Waals surface area contributed by atoms with Crippen molar-refractivity contribution in [1.29, 1.82) is 5.26 Å². The first kappa shape index (κ1) is 19.0. The number of halogens is 2. The number of primary sulfonamides is 1. The molecule has 0 aliphatic rings. The predicted molar refractivity (Wildman–Crippen MR) is 96.5 cm³/mol. The number of nitrogens with one attached hydrogen (secondary N) is 1. The zero-order chi connectivity index (χ0) is 18.6. The van der Waals surface area contributed by atoms with Crippen LogP contribution in [-0.2, 0) is 14.8 Å². The number of benzene rings is 2. The van der Waals surface area contributed by atoms with Gasteiger partial charge in [0.05, 0.1) is 4.90 Å². The van der Waals surface area contributed by atoms with E-state index in [4.69, 9.17) is 28.3 Å². The van der Waals surface area contributed by atoms with E-state index < -0.39 is 15.9 Å². The van der Waals surface area contributed by atoms with Crippen LogP contribution in [0.2, 0.25) is 10.0 Å². The van der Waals surface area contributed by atoms with Crippen molar-refractivity contribution >= 4 is 50.9 Å². The Balaban J connectivity index is 2.23. The highest BCUT2D eigenvalue weighted by Crippen LogP contribution is 2.23. The van der Waals surface area contributed by atoms with E-state index in [0.717, 1.165) is 0 Å². The Kier molecular flexibility index (Phi) is 5.82. The van der Waals surface area contributed by atoms with E-state index in [1.165, 1.54) is 36.4 Å². The monoisotopic (exact) mass is 395 g/mol. The average Bonchev–Trinajstić information content (AvgIpc) is 2.53. The van der Waals surface area contributed by atoms with Gasteiger partial charge in [0, 0.05) is 15.7 Å². The largest absolute Gasteiger partial charge is 0.321 e. The van der Waals surface area contributed by atoms with Crippen LogP contribution in [0, 0.1) is 11.3 Å². The number of hydrogen-bond acceptors (Lipinski definition) is 4. The summed E-state index contributed by atoms with van der Waals surface area (Å²) in [5.74, 6) is -0.670. The number of carbonyl (C=O) groups is 1. The molecule has 2 aromatic rings. The highest BCUT2D eigenvalue weighted by molar-refractivity contribution is 7.89. The summed E-state index contributed by atoms with van der Waals surface area (Å²) in [5.41, 5.74) is 0.586. The van der Waals surface area contributed by atoms with Gasteiger partial charge >= 0.3 is 0 Å². The van der Waals surface area contributed by atoms with Gasteiger partial charge in [0.2, 0.25) is 10.0 Å². The molecular weight excluding hydrogens is 385 g/mol. The minimum atomic E-state index is -3.82. The van der Waals surface area contributed by atoms with Crippen molar-refractivity contribution in [2.24, 2.45) is 5.14 Å². The highest BCUT2D eigenvalue weighted by Gasteiger charge is 2.12. The second-order valence-electron chi connectivity index (χ2n) is 4.86. The molecule has 0 saturated carbocycles.